The number of nitrogens with zero attached hydrogens (tertiary/aromatic N) is 2. The Bertz CT molecular complexity index is 528. The molecule has 1 N–H and O–H groups in total. The molecule has 0 aliphatic carbocycles. The fraction of sp³-hybridized carbons (Fsp3) is 0.700. The molecule has 1 aromatic rings. The van der Waals surface area contributed by atoms with Gasteiger partial charge in [0.25, 0.3) is 0 Å². The first-order chi connectivity index (χ1) is 11.5. The van der Waals surface area contributed by atoms with E-state index in [-0.39, 0.29) is 18.0 Å². The Balaban J connectivity index is 1.68. The van der Waals surface area contributed by atoms with Gasteiger partial charge in [-0.25, -0.2) is 4.39 Å². The predicted octanol–water partition coefficient (Wildman–Crippen LogP) is 3.07. The molecule has 0 unspecified atom stereocenters. The minimum Gasteiger partial charge on any atom is -0.391 e. The topological polar surface area (TPSA) is 26.7 Å². The van der Waals surface area contributed by atoms with Crippen molar-refractivity contribution in [2.75, 3.05) is 19.6 Å². The Morgan fingerprint density at radius 3 is 2.58 bits per heavy atom. The average molecular weight is 334 g/mol. The second-order valence-electron chi connectivity index (χ2n) is 7.71. The molecule has 134 valence electrons. The number of aliphatic hydroxyl groups excluding tert-OH is 1. The monoisotopic (exact) mass is 334 g/mol. The van der Waals surface area contributed by atoms with Gasteiger partial charge in [-0.2, -0.15) is 0 Å². The van der Waals surface area contributed by atoms with Crippen molar-refractivity contribution in [1.29, 1.82) is 0 Å². The first kappa shape index (κ1) is 17.8. The van der Waals surface area contributed by atoms with Crippen molar-refractivity contribution in [3.05, 3.63) is 35.6 Å². The highest BCUT2D eigenvalue weighted by Crippen LogP contribution is 2.28. The van der Waals surface area contributed by atoms with Crippen molar-refractivity contribution < 1.29 is 9.50 Å². The first-order valence-corrected chi connectivity index (χ1v) is 9.47. The number of piperidine rings is 2. The smallest absolute Gasteiger partial charge is 0.123 e. The third-order valence-corrected chi connectivity index (χ3v) is 5.82. The van der Waals surface area contributed by atoms with E-state index in [1.807, 2.05) is 6.07 Å². The fourth-order valence-electron chi connectivity index (χ4n) is 4.41. The molecule has 0 radical (unpaired) electrons. The molecule has 1 aromatic carbocycles. The molecule has 2 fully saturated rings. The molecule has 2 atom stereocenters. The van der Waals surface area contributed by atoms with Gasteiger partial charge in [-0.05, 0) is 83.3 Å². The second-order valence-corrected chi connectivity index (χ2v) is 7.71. The zero-order chi connectivity index (χ0) is 17.1. The lowest BCUT2D eigenvalue weighted by molar-refractivity contribution is -0.0289. The van der Waals surface area contributed by atoms with Gasteiger partial charge in [-0.3, -0.25) is 4.90 Å². The van der Waals surface area contributed by atoms with Crippen molar-refractivity contribution in [2.45, 2.75) is 70.2 Å². The van der Waals surface area contributed by atoms with Crippen LogP contribution >= 0.6 is 0 Å². The maximum absolute atomic E-state index is 13.5. The summed E-state index contributed by atoms with van der Waals surface area (Å²) in [6, 6.07) is 8.13. The van der Waals surface area contributed by atoms with Gasteiger partial charge in [0, 0.05) is 18.1 Å². The Labute approximate surface area is 145 Å². The fourth-order valence-corrected chi connectivity index (χ4v) is 4.41. The van der Waals surface area contributed by atoms with E-state index >= 15 is 0 Å². The van der Waals surface area contributed by atoms with E-state index in [2.05, 4.69) is 23.6 Å². The molecule has 3 nitrogen and oxygen atoms in total. The van der Waals surface area contributed by atoms with E-state index in [0.29, 0.717) is 12.1 Å². The molecule has 0 bridgehead atoms. The lowest BCUT2D eigenvalue weighted by atomic mass is 9.89. The van der Waals surface area contributed by atoms with Gasteiger partial charge >= 0.3 is 0 Å². The van der Waals surface area contributed by atoms with E-state index in [0.717, 1.165) is 44.5 Å². The number of aliphatic hydroxyl groups is 1. The number of hydrogen-bond acceptors (Lipinski definition) is 3. The number of rotatable bonds is 4. The molecule has 0 saturated carbocycles. The molecular weight excluding hydrogens is 303 g/mol. The summed E-state index contributed by atoms with van der Waals surface area (Å²) in [4.78, 5) is 5.06. The van der Waals surface area contributed by atoms with E-state index in [9.17, 15) is 9.50 Å². The highest BCUT2D eigenvalue weighted by atomic mass is 19.1. The quantitative estimate of drug-likeness (QED) is 0.917. The predicted molar refractivity (Wildman–Crippen MR) is 95.6 cm³/mol. The molecule has 0 aromatic heterocycles. The molecule has 2 heterocycles. The molecule has 2 aliphatic rings. The van der Waals surface area contributed by atoms with Crippen LogP contribution in [0.5, 0.6) is 0 Å². The van der Waals surface area contributed by atoms with Crippen molar-refractivity contribution in [3.63, 3.8) is 0 Å². The van der Waals surface area contributed by atoms with Gasteiger partial charge in [0.1, 0.15) is 5.82 Å². The summed E-state index contributed by atoms with van der Waals surface area (Å²) < 4.78 is 13.5. The van der Waals surface area contributed by atoms with Gasteiger partial charge in [0.15, 0.2) is 0 Å². The molecule has 4 heteroatoms. The summed E-state index contributed by atoms with van der Waals surface area (Å²) in [6.07, 6.45) is 4.70. The lowest BCUT2D eigenvalue weighted by Gasteiger charge is -2.47. The number of benzene rings is 1. The Hall–Kier alpha value is -0.970. The lowest BCUT2D eigenvalue weighted by Crippen LogP contribution is -2.56. The van der Waals surface area contributed by atoms with Crippen LogP contribution in [-0.4, -0.2) is 58.8 Å². The Morgan fingerprint density at radius 1 is 1.17 bits per heavy atom. The van der Waals surface area contributed by atoms with Crippen LogP contribution in [0.25, 0.3) is 0 Å². The van der Waals surface area contributed by atoms with E-state index in [1.165, 1.54) is 18.9 Å². The van der Waals surface area contributed by atoms with Crippen LogP contribution in [0.3, 0.4) is 0 Å². The molecule has 3 rings (SSSR count). The Morgan fingerprint density at radius 2 is 1.92 bits per heavy atom. The summed E-state index contributed by atoms with van der Waals surface area (Å²) in [6.45, 7) is 7.86. The normalized spacial score (nSPS) is 27.7. The molecule has 24 heavy (non-hydrogen) atoms. The van der Waals surface area contributed by atoms with Gasteiger partial charge < -0.3 is 10.0 Å². The minimum absolute atomic E-state index is 0.121. The maximum atomic E-state index is 13.5. The van der Waals surface area contributed by atoms with Crippen LogP contribution < -0.4 is 0 Å². The summed E-state index contributed by atoms with van der Waals surface area (Å²) >= 11 is 0. The van der Waals surface area contributed by atoms with Gasteiger partial charge in [-0.1, -0.05) is 12.1 Å². The van der Waals surface area contributed by atoms with Crippen LogP contribution in [-0.2, 0) is 6.42 Å². The molecule has 0 amide bonds. The molecule has 0 spiro atoms. The Kier molecular flexibility index (Phi) is 5.90. The highest BCUT2D eigenvalue weighted by molar-refractivity contribution is 5.18. The molecule has 2 saturated heterocycles. The molecule has 2 aliphatic heterocycles. The van der Waals surface area contributed by atoms with E-state index < -0.39 is 0 Å². The SMILES string of the molecule is CC(C)N1CCC(N2CCC[C@H](O)[C@@H]2Cc2cccc(F)c2)CC1. The van der Waals surface area contributed by atoms with Gasteiger partial charge in [0.05, 0.1) is 6.10 Å². The summed E-state index contributed by atoms with van der Waals surface area (Å²) in [7, 11) is 0. The standard InChI is InChI=1S/C20H31FN2O/c1-15(2)22-11-8-18(9-12-22)23-10-4-7-20(24)19(23)14-16-5-3-6-17(21)13-16/h3,5-6,13,15,18-20,24H,4,7-12,14H2,1-2H3/t19-,20-/m0/s1. The van der Waals surface area contributed by atoms with E-state index in [1.54, 1.807) is 12.1 Å². The maximum Gasteiger partial charge on any atom is 0.123 e. The van der Waals surface area contributed by atoms with Crippen molar-refractivity contribution in [1.82, 2.24) is 9.80 Å². The number of halogens is 1. The van der Waals surface area contributed by atoms with Crippen LogP contribution in [0.2, 0.25) is 0 Å². The number of hydrogen-bond donors (Lipinski definition) is 1. The second kappa shape index (κ2) is 7.94. The summed E-state index contributed by atoms with van der Waals surface area (Å²) in [5.74, 6) is -0.186. The largest absolute Gasteiger partial charge is 0.391 e. The third kappa shape index (κ3) is 4.16. The zero-order valence-electron chi connectivity index (χ0n) is 15.0. The van der Waals surface area contributed by atoms with Crippen LogP contribution in [0, 0.1) is 5.82 Å². The summed E-state index contributed by atoms with van der Waals surface area (Å²) in [5.41, 5.74) is 0.991. The van der Waals surface area contributed by atoms with Crippen molar-refractivity contribution >= 4 is 0 Å². The minimum atomic E-state index is -0.301. The highest BCUT2D eigenvalue weighted by Gasteiger charge is 2.36. The van der Waals surface area contributed by atoms with Gasteiger partial charge in [0.2, 0.25) is 0 Å². The van der Waals surface area contributed by atoms with Crippen molar-refractivity contribution in [2.24, 2.45) is 0 Å². The van der Waals surface area contributed by atoms with E-state index in [4.69, 9.17) is 0 Å². The van der Waals surface area contributed by atoms with Crippen LogP contribution in [0.1, 0.15) is 45.1 Å². The molecular formula is C20H31FN2O. The zero-order valence-corrected chi connectivity index (χ0v) is 15.0. The third-order valence-electron chi connectivity index (χ3n) is 5.82. The average Bonchev–Trinajstić information content (AvgIpc) is 2.57. The van der Waals surface area contributed by atoms with Crippen LogP contribution in [0.15, 0.2) is 24.3 Å². The van der Waals surface area contributed by atoms with Gasteiger partial charge in [-0.15, -0.1) is 0 Å². The van der Waals surface area contributed by atoms with Crippen LogP contribution in [0.4, 0.5) is 4.39 Å². The summed E-state index contributed by atoms with van der Waals surface area (Å²) in [5, 5.41) is 10.6. The first-order valence-electron chi connectivity index (χ1n) is 9.47. The van der Waals surface area contributed by atoms with Crippen molar-refractivity contribution in [3.8, 4) is 0 Å². The number of likely N-dealkylation sites (tertiary alicyclic amines) is 2.